The number of aryl methyl sites for hydroxylation is 1. The Kier molecular flexibility index (Phi) is 19.8. The van der Waals surface area contributed by atoms with E-state index >= 15 is 0 Å². The normalized spacial score (nSPS) is 12.5. The van der Waals surface area contributed by atoms with Crippen LogP contribution < -0.4 is 16.0 Å². The van der Waals surface area contributed by atoms with Crippen molar-refractivity contribution in [2.75, 3.05) is 85.6 Å². The van der Waals surface area contributed by atoms with Gasteiger partial charge in [0.2, 0.25) is 11.8 Å². The molecule has 0 bridgehead atoms. The number of nitrogens with zero attached hydrogens (tertiary/aromatic N) is 6. The SMILES string of the molecule is Cc1cn(CC(C)(C)COCC(C)(C)CNC(=O)CCOCCNCCOCCC(=O)NCC(C)(C)COCC(C)(C)CN=[N+]=[N-])nn1. The number of carbonyl (C=O) groups excluding carboxylic acids is 2. The van der Waals surface area contributed by atoms with Crippen LogP contribution in [0.25, 0.3) is 10.4 Å². The van der Waals surface area contributed by atoms with Gasteiger partial charge in [0.1, 0.15) is 0 Å². The van der Waals surface area contributed by atoms with Gasteiger partial charge in [-0.25, -0.2) is 0 Å². The second-order valence-electron chi connectivity index (χ2n) is 15.6. The van der Waals surface area contributed by atoms with Crippen molar-refractivity contribution in [2.45, 2.75) is 81.7 Å². The van der Waals surface area contributed by atoms with Crippen LogP contribution in [0.1, 0.15) is 73.9 Å². The van der Waals surface area contributed by atoms with E-state index in [2.05, 4.69) is 64.0 Å². The molecule has 15 heteroatoms. The van der Waals surface area contributed by atoms with Crippen molar-refractivity contribution in [1.82, 2.24) is 30.9 Å². The molecule has 0 fully saturated rings. The largest absolute Gasteiger partial charge is 0.380 e. The lowest BCUT2D eigenvalue weighted by Crippen LogP contribution is -2.38. The summed E-state index contributed by atoms with van der Waals surface area (Å²) in [5.41, 5.74) is 8.62. The van der Waals surface area contributed by atoms with Gasteiger partial charge in [0, 0.05) is 79.5 Å². The van der Waals surface area contributed by atoms with Crippen molar-refractivity contribution in [2.24, 2.45) is 26.8 Å². The van der Waals surface area contributed by atoms with Gasteiger partial charge < -0.3 is 34.9 Å². The molecule has 1 heterocycles. The van der Waals surface area contributed by atoms with Crippen LogP contribution in [0.2, 0.25) is 0 Å². The Hall–Kier alpha value is -2.81. The monoisotopic (exact) mass is 681 g/mol. The van der Waals surface area contributed by atoms with E-state index in [1.807, 2.05) is 45.5 Å². The molecule has 3 N–H and O–H groups in total. The molecule has 0 aliphatic heterocycles. The van der Waals surface area contributed by atoms with Gasteiger partial charge >= 0.3 is 0 Å². The van der Waals surface area contributed by atoms with E-state index in [0.717, 1.165) is 12.2 Å². The second kappa shape index (κ2) is 22.0. The standard InChI is InChI=1S/C33H63N9O6/c1-27-18-42(41-39-27)22-33(8,9)26-48-24-31(4,5)20-37-29(44)11-15-46-17-13-35-12-16-45-14-10-28(43)36-19-30(2,3)23-47-25-32(6,7)21-38-40-34/h18,35H,10-17,19-26H2,1-9H3,(H,36,43)(H,37,44). The molecule has 1 aromatic heterocycles. The van der Waals surface area contributed by atoms with Crippen molar-refractivity contribution < 1.29 is 28.5 Å². The topological polar surface area (TPSA) is 187 Å². The van der Waals surface area contributed by atoms with Crippen LogP contribution in [0.5, 0.6) is 0 Å². The average molecular weight is 682 g/mol. The molecule has 0 radical (unpaired) electrons. The van der Waals surface area contributed by atoms with Crippen molar-refractivity contribution >= 4 is 11.8 Å². The molecule has 276 valence electrons. The maximum Gasteiger partial charge on any atom is 0.222 e. The Bertz CT molecular complexity index is 1120. The predicted octanol–water partition coefficient (Wildman–Crippen LogP) is 3.67. The molecule has 15 nitrogen and oxygen atoms in total. The van der Waals surface area contributed by atoms with Gasteiger partial charge in [-0.1, -0.05) is 65.7 Å². The van der Waals surface area contributed by atoms with Crippen LogP contribution >= 0.6 is 0 Å². The summed E-state index contributed by atoms with van der Waals surface area (Å²) in [6.45, 7) is 25.5. The number of rotatable bonds is 28. The first-order valence-electron chi connectivity index (χ1n) is 16.9. The number of hydrogen-bond donors (Lipinski definition) is 3. The van der Waals surface area contributed by atoms with E-state index < -0.39 is 0 Å². The van der Waals surface area contributed by atoms with Gasteiger partial charge in [-0.05, 0) is 17.9 Å². The number of hydrogen-bond acceptors (Lipinski definition) is 10. The van der Waals surface area contributed by atoms with E-state index in [0.29, 0.717) is 92.0 Å². The lowest BCUT2D eigenvalue weighted by atomic mass is 9.93. The van der Waals surface area contributed by atoms with Crippen LogP contribution in [0.15, 0.2) is 11.3 Å². The van der Waals surface area contributed by atoms with Gasteiger partial charge in [-0.2, -0.15) is 0 Å². The van der Waals surface area contributed by atoms with Gasteiger partial charge in [0.15, 0.2) is 0 Å². The molecule has 0 saturated carbocycles. The van der Waals surface area contributed by atoms with E-state index in [1.54, 1.807) is 0 Å². The summed E-state index contributed by atoms with van der Waals surface area (Å²) in [4.78, 5) is 27.3. The maximum atomic E-state index is 12.3. The van der Waals surface area contributed by atoms with E-state index in [9.17, 15) is 9.59 Å². The van der Waals surface area contributed by atoms with Gasteiger partial charge in [0.25, 0.3) is 0 Å². The highest BCUT2D eigenvalue weighted by molar-refractivity contribution is 5.76. The fourth-order valence-corrected chi connectivity index (χ4v) is 4.33. The lowest BCUT2D eigenvalue weighted by molar-refractivity contribution is -0.123. The van der Waals surface area contributed by atoms with Crippen LogP contribution in [0.3, 0.4) is 0 Å². The first-order valence-corrected chi connectivity index (χ1v) is 16.9. The minimum Gasteiger partial charge on any atom is -0.380 e. The predicted molar refractivity (Wildman–Crippen MR) is 185 cm³/mol. The van der Waals surface area contributed by atoms with Crippen LogP contribution in [0.4, 0.5) is 0 Å². The highest BCUT2D eigenvalue weighted by Crippen LogP contribution is 2.22. The quantitative estimate of drug-likeness (QED) is 0.0513. The molecule has 0 aliphatic rings. The number of aromatic nitrogens is 3. The zero-order valence-electron chi connectivity index (χ0n) is 31.0. The number of carbonyl (C=O) groups is 2. The molecule has 2 amide bonds. The minimum absolute atomic E-state index is 0.0461. The Morgan fingerprint density at radius 2 is 1.25 bits per heavy atom. The summed E-state index contributed by atoms with van der Waals surface area (Å²) >= 11 is 0. The van der Waals surface area contributed by atoms with Crippen molar-refractivity contribution in [3.05, 3.63) is 22.3 Å². The second-order valence-corrected chi connectivity index (χ2v) is 15.6. The Morgan fingerprint density at radius 3 is 1.71 bits per heavy atom. The van der Waals surface area contributed by atoms with E-state index in [4.69, 9.17) is 24.5 Å². The zero-order chi connectivity index (χ0) is 36.1. The van der Waals surface area contributed by atoms with Crippen LogP contribution in [-0.4, -0.2) is 112 Å². The Morgan fingerprint density at radius 1 is 0.771 bits per heavy atom. The molecule has 48 heavy (non-hydrogen) atoms. The number of ether oxygens (including phenoxy) is 4. The smallest absolute Gasteiger partial charge is 0.222 e. The van der Waals surface area contributed by atoms with Gasteiger partial charge in [-0.15, -0.1) is 5.10 Å². The van der Waals surface area contributed by atoms with Gasteiger partial charge in [-0.3, -0.25) is 14.3 Å². The molecule has 0 aromatic carbocycles. The molecule has 1 aromatic rings. The average Bonchev–Trinajstić information content (AvgIpc) is 3.39. The highest BCUT2D eigenvalue weighted by Gasteiger charge is 2.25. The summed E-state index contributed by atoms with van der Waals surface area (Å²) in [6, 6.07) is 0. The first kappa shape index (κ1) is 43.2. The summed E-state index contributed by atoms with van der Waals surface area (Å²) in [5.74, 6) is -0.112. The zero-order valence-corrected chi connectivity index (χ0v) is 31.0. The Labute approximate surface area is 287 Å². The fourth-order valence-electron chi connectivity index (χ4n) is 4.33. The number of nitrogens with one attached hydrogen (secondary N) is 3. The summed E-state index contributed by atoms with van der Waals surface area (Å²) in [6.07, 6.45) is 2.51. The molecule has 0 atom stereocenters. The van der Waals surface area contributed by atoms with E-state index in [1.165, 1.54) is 0 Å². The molecule has 0 aliphatic carbocycles. The summed E-state index contributed by atoms with van der Waals surface area (Å²) in [5, 5.41) is 20.9. The molecule has 0 unspecified atom stereocenters. The third kappa shape index (κ3) is 22.7. The third-order valence-electron chi connectivity index (χ3n) is 7.10. The molecular weight excluding hydrogens is 618 g/mol. The van der Waals surface area contributed by atoms with E-state index in [-0.39, 0.29) is 39.9 Å². The summed E-state index contributed by atoms with van der Waals surface area (Å²) in [7, 11) is 0. The maximum absolute atomic E-state index is 12.3. The van der Waals surface area contributed by atoms with Gasteiger partial charge in [0.05, 0.1) is 58.5 Å². The van der Waals surface area contributed by atoms with Crippen LogP contribution in [-0.2, 0) is 35.1 Å². The van der Waals surface area contributed by atoms with Crippen LogP contribution in [0, 0.1) is 28.6 Å². The first-order chi connectivity index (χ1) is 22.4. The Balaban J connectivity index is 2.00. The third-order valence-corrected chi connectivity index (χ3v) is 7.10. The minimum atomic E-state index is -0.240. The van der Waals surface area contributed by atoms with Crippen molar-refractivity contribution in [1.29, 1.82) is 0 Å². The molecule has 1 rings (SSSR count). The molecule has 0 spiro atoms. The van der Waals surface area contributed by atoms with Crippen molar-refractivity contribution in [3.8, 4) is 0 Å². The fraction of sp³-hybridized carbons (Fsp3) is 0.879. The highest BCUT2D eigenvalue weighted by atomic mass is 16.5. The molecule has 0 saturated heterocycles. The number of amides is 2. The number of azide groups is 1. The molecular formula is C33H63N9O6. The van der Waals surface area contributed by atoms with Crippen molar-refractivity contribution in [3.63, 3.8) is 0 Å². The lowest BCUT2D eigenvalue weighted by Gasteiger charge is -2.29. The summed E-state index contributed by atoms with van der Waals surface area (Å²) < 4.78 is 24.8.